The lowest BCUT2D eigenvalue weighted by molar-refractivity contribution is 0.0867. The third-order valence-electron chi connectivity index (χ3n) is 2.33. The summed E-state index contributed by atoms with van der Waals surface area (Å²) in [5.41, 5.74) is 0. The SMILES string of the molecule is OC1C#CCCCCCC/C=C\C1O. The molecule has 14 heavy (non-hydrogen) atoms. The molecule has 1 aliphatic rings. The molecule has 2 unspecified atom stereocenters. The average molecular weight is 194 g/mol. The Labute approximate surface area is 85.6 Å². The molecule has 2 atom stereocenters. The minimum Gasteiger partial charge on any atom is -0.385 e. The number of aliphatic hydroxyl groups is 2. The Morgan fingerprint density at radius 3 is 2.71 bits per heavy atom. The molecule has 1 rings (SSSR count). The van der Waals surface area contributed by atoms with Gasteiger partial charge in [-0.15, -0.1) is 5.92 Å². The van der Waals surface area contributed by atoms with Gasteiger partial charge in [-0.2, -0.15) is 0 Å². The van der Waals surface area contributed by atoms with E-state index >= 15 is 0 Å². The van der Waals surface area contributed by atoms with Crippen LogP contribution in [0.1, 0.15) is 38.5 Å². The first-order valence-electron chi connectivity index (χ1n) is 5.32. The summed E-state index contributed by atoms with van der Waals surface area (Å²) in [5, 5.41) is 18.8. The van der Waals surface area contributed by atoms with Crippen molar-refractivity contribution in [1.82, 2.24) is 0 Å². The zero-order chi connectivity index (χ0) is 10.2. The molecule has 0 spiro atoms. The van der Waals surface area contributed by atoms with Gasteiger partial charge in [-0.3, -0.25) is 0 Å². The molecule has 2 N–H and O–H groups in total. The Morgan fingerprint density at radius 2 is 1.86 bits per heavy atom. The maximum atomic E-state index is 9.42. The molecule has 2 heteroatoms. The van der Waals surface area contributed by atoms with Gasteiger partial charge in [0.2, 0.25) is 0 Å². The van der Waals surface area contributed by atoms with E-state index in [2.05, 4.69) is 11.8 Å². The molecule has 0 radical (unpaired) electrons. The monoisotopic (exact) mass is 194 g/mol. The molecule has 0 fully saturated rings. The van der Waals surface area contributed by atoms with Gasteiger partial charge in [0.1, 0.15) is 12.2 Å². The quantitative estimate of drug-likeness (QED) is 0.454. The topological polar surface area (TPSA) is 40.5 Å². The maximum absolute atomic E-state index is 9.42. The highest BCUT2D eigenvalue weighted by atomic mass is 16.3. The third kappa shape index (κ3) is 4.45. The van der Waals surface area contributed by atoms with E-state index in [1.807, 2.05) is 6.08 Å². The first kappa shape index (κ1) is 11.3. The minimum atomic E-state index is -0.925. The summed E-state index contributed by atoms with van der Waals surface area (Å²) in [7, 11) is 0. The molecule has 0 amide bonds. The molecule has 0 saturated carbocycles. The van der Waals surface area contributed by atoms with Crippen LogP contribution in [0, 0.1) is 11.8 Å². The minimum absolute atomic E-state index is 0.827. The standard InChI is InChI=1S/C12H18O2/c13-11-9-7-5-3-1-2-4-6-8-10-12(11)14/h7,9,11-14H,1-6H2/b9-7-. The molecule has 0 aromatic heterocycles. The van der Waals surface area contributed by atoms with Crippen molar-refractivity contribution < 1.29 is 10.2 Å². The third-order valence-corrected chi connectivity index (χ3v) is 2.33. The lowest BCUT2D eigenvalue weighted by atomic mass is 10.1. The molecule has 0 saturated heterocycles. The molecular weight excluding hydrogens is 176 g/mol. The number of hydrogen-bond acceptors (Lipinski definition) is 2. The van der Waals surface area contributed by atoms with Crippen LogP contribution in [0.5, 0.6) is 0 Å². The summed E-state index contributed by atoms with van der Waals surface area (Å²) < 4.78 is 0. The van der Waals surface area contributed by atoms with Gasteiger partial charge in [0.15, 0.2) is 0 Å². The van der Waals surface area contributed by atoms with Crippen LogP contribution in [0.4, 0.5) is 0 Å². The number of rotatable bonds is 0. The first-order valence-corrected chi connectivity index (χ1v) is 5.32. The highest BCUT2D eigenvalue weighted by Crippen LogP contribution is 2.07. The molecule has 2 nitrogen and oxygen atoms in total. The van der Waals surface area contributed by atoms with Crippen molar-refractivity contribution in [2.24, 2.45) is 0 Å². The van der Waals surface area contributed by atoms with E-state index < -0.39 is 12.2 Å². The molecule has 0 aliphatic heterocycles. The van der Waals surface area contributed by atoms with E-state index in [0.717, 1.165) is 25.7 Å². The van der Waals surface area contributed by atoms with Crippen molar-refractivity contribution in [3.05, 3.63) is 12.2 Å². The number of allylic oxidation sites excluding steroid dienone is 1. The second-order valence-electron chi connectivity index (χ2n) is 3.64. The Morgan fingerprint density at radius 1 is 1.07 bits per heavy atom. The van der Waals surface area contributed by atoms with E-state index in [-0.39, 0.29) is 0 Å². The lowest BCUT2D eigenvalue weighted by Gasteiger charge is -2.08. The highest BCUT2D eigenvalue weighted by Gasteiger charge is 2.08. The number of aliphatic hydroxyl groups excluding tert-OH is 2. The predicted molar refractivity (Wildman–Crippen MR) is 56.6 cm³/mol. The smallest absolute Gasteiger partial charge is 0.144 e. The van der Waals surface area contributed by atoms with Crippen molar-refractivity contribution in [3.8, 4) is 11.8 Å². The van der Waals surface area contributed by atoms with E-state index in [4.69, 9.17) is 0 Å². The zero-order valence-corrected chi connectivity index (χ0v) is 8.45. The van der Waals surface area contributed by atoms with Crippen LogP contribution in [0.3, 0.4) is 0 Å². The highest BCUT2D eigenvalue weighted by molar-refractivity contribution is 5.10. The summed E-state index contributed by atoms with van der Waals surface area (Å²) in [6.07, 6.45) is 8.31. The van der Waals surface area contributed by atoms with Gasteiger partial charge in [0.25, 0.3) is 0 Å². The van der Waals surface area contributed by atoms with Gasteiger partial charge in [-0.25, -0.2) is 0 Å². The normalized spacial score (nSPS) is 31.9. The van der Waals surface area contributed by atoms with Gasteiger partial charge >= 0.3 is 0 Å². The molecule has 0 aromatic rings. The van der Waals surface area contributed by atoms with Crippen molar-refractivity contribution in [1.29, 1.82) is 0 Å². The van der Waals surface area contributed by atoms with Crippen LogP contribution in [0.25, 0.3) is 0 Å². The maximum Gasteiger partial charge on any atom is 0.144 e. The molecule has 78 valence electrons. The Kier molecular flexibility index (Phi) is 5.36. The van der Waals surface area contributed by atoms with Gasteiger partial charge in [-0.05, 0) is 19.3 Å². The van der Waals surface area contributed by atoms with Gasteiger partial charge in [0, 0.05) is 6.42 Å². The second kappa shape index (κ2) is 6.64. The van der Waals surface area contributed by atoms with Crippen LogP contribution >= 0.6 is 0 Å². The van der Waals surface area contributed by atoms with Crippen LogP contribution in [0.15, 0.2) is 12.2 Å². The molecule has 1 aliphatic carbocycles. The summed E-state index contributed by atoms with van der Waals surface area (Å²) in [6.45, 7) is 0. The van der Waals surface area contributed by atoms with Crippen LogP contribution in [-0.2, 0) is 0 Å². The van der Waals surface area contributed by atoms with E-state index in [0.29, 0.717) is 0 Å². The van der Waals surface area contributed by atoms with Crippen molar-refractivity contribution in [3.63, 3.8) is 0 Å². The Balaban J connectivity index is 2.50. The summed E-state index contributed by atoms with van der Waals surface area (Å²) in [5.74, 6) is 5.54. The van der Waals surface area contributed by atoms with Gasteiger partial charge in [-0.1, -0.05) is 30.9 Å². The largest absolute Gasteiger partial charge is 0.385 e. The second-order valence-corrected chi connectivity index (χ2v) is 3.64. The predicted octanol–water partition coefficient (Wildman–Crippen LogP) is 1.62. The lowest BCUT2D eigenvalue weighted by Crippen LogP contribution is -2.21. The zero-order valence-electron chi connectivity index (χ0n) is 8.45. The summed E-state index contributed by atoms with van der Waals surface area (Å²) in [4.78, 5) is 0. The average Bonchev–Trinajstić information content (AvgIpc) is 2.18. The van der Waals surface area contributed by atoms with Gasteiger partial charge < -0.3 is 10.2 Å². The fraction of sp³-hybridized carbons (Fsp3) is 0.667. The molecular formula is C12H18O2. The number of hydrogen-bond donors (Lipinski definition) is 2. The van der Waals surface area contributed by atoms with E-state index in [1.54, 1.807) is 6.08 Å². The van der Waals surface area contributed by atoms with Crippen LogP contribution in [-0.4, -0.2) is 22.4 Å². The van der Waals surface area contributed by atoms with Crippen LogP contribution < -0.4 is 0 Å². The van der Waals surface area contributed by atoms with Crippen molar-refractivity contribution >= 4 is 0 Å². The van der Waals surface area contributed by atoms with Crippen molar-refractivity contribution in [2.45, 2.75) is 50.7 Å². The Bertz CT molecular complexity index is 234. The fourth-order valence-electron chi connectivity index (χ4n) is 1.43. The Hall–Kier alpha value is -0.780. The fourth-order valence-corrected chi connectivity index (χ4v) is 1.43. The first-order chi connectivity index (χ1) is 6.80. The van der Waals surface area contributed by atoms with E-state index in [9.17, 15) is 10.2 Å². The van der Waals surface area contributed by atoms with Crippen LogP contribution in [0.2, 0.25) is 0 Å². The summed E-state index contributed by atoms with van der Waals surface area (Å²) >= 11 is 0. The molecule has 0 aromatic carbocycles. The van der Waals surface area contributed by atoms with Crippen molar-refractivity contribution in [2.75, 3.05) is 0 Å². The molecule has 0 bridgehead atoms. The molecule has 0 heterocycles. The van der Waals surface area contributed by atoms with Gasteiger partial charge in [0.05, 0.1) is 0 Å². The van der Waals surface area contributed by atoms with E-state index in [1.165, 1.54) is 12.8 Å². The summed E-state index contributed by atoms with van der Waals surface area (Å²) in [6, 6.07) is 0.